The third-order valence-electron chi connectivity index (χ3n) is 3.91. The minimum Gasteiger partial charge on any atom is -0.363 e. The first-order chi connectivity index (χ1) is 12.2. The summed E-state index contributed by atoms with van der Waals surface area (Å²) in [4.78, 5) is 8.81. The molecule has 3 rings (SSSR count). The summed E-state index contributed by atoms with van der Waals surface area (Å²) in [5, 5.41) is 7.43. The van der Waals surface area contributed by atoms with Gasteiger partial charge in [0.1, 0.15) is 5.82 Å². The van der Waals surface area contributed by atoms with Gasteiger partial charge < -0.3 is 10.6 Å². The van der Waals surface area contributed by atoms with Gasteiger partial charge in [0.25, 0.3) is 0 Å². The number of aromatic nitrogens is 2. The van der Waals surface area contributed by atoms with Crippen LogP contribution in [-0.2, 0) is 6.42 Å². The number of nitrogens with zero attached hydrogens (tertiary/aromatic N) is 2. The van der Waals surface area contributed by atoms with Crippen molar-refractivity contribution < 1.29 is 0 Å². The van der Waals surface area contributed by atoms with Gasteiger partial charge in [-0.1, -0.05) is 54.1 Å². The molecule has 0 amide bonds. The molecule has 0 fully saturated rings. The molecule has 25 heavy (non-hydrogen) atoms. The zero-order valence-corrected chi connectivity index (χ0v) is 14.9. The lowest BCUT2D eigenvalue weighted by Gasteiger charge is -2.15. The van der Waals surface area contributed by atoms with Gasteiger partial charge in [-0.15, -0.1) is 0 Å². The van der Waals surface area contributed by atoms with Crippen LogP contribution in [0.25, 0.3) is 0 Å². The van der Waals surface area contributed by atoms with Crippen LogP contribution in [0.1, 0.15) is 24.1 Å². The van der Waals surface area contributed by atoms with Crippen molar-refractivity contribution in [2.45, 2.75) is 19.4 Å². The topological polar surface area (TPSA) is 49.8 Å². The average Bonchev–Trinajstić information content (AvgIpc) is 2.63. The average molecular weight is 353 g/mol. The third-order valence-corrected chi connectivity index (χ3v) is 4.14. The molecule has 0 bridgehead atoms. The van der Waals surface area contributed by atoms with Crippen molar-refractivity contribution in [1.82, 2.24) is 9.97 Å². The van der Waals surface area contributed by atoms with Crippen LogP contribution in [-0.4, -0.2) is 16.5 Å². The predicted octanol–water partition coefficient (Wildman–Crippen LogP) is 4.96. The Hall–Kier alpha value is -2.59. The molecule has 0 aliphatic carbocycles. The van der Waals surface area contributed by atoms with E-state index in [4.69, 9.17) is 11.6 Å². The number of rotatable bonds is 7. The molecule has 4 nitrogen and oxygen atoms in total. The Bertz CT molecular complexity index is 808. The van der Waals surface area contributed by atoms with Crippen molar-refractivity contribution in [3.8, 4) is 0 Å². The third kappa shape index (κ3) is 5.19. The van der Waals surface area contributed by atoms with E-state index in [1.54, 1.807) is 6.20 Å². The molecule has 0 aliphatic rings. The number of nitrogens with one attached hydrogen (secondary N) is 2. The number of benzene rings is 2. The van der Waals surface area contributed by atoms with Crippen LogP contribution in [0.3, 0.4) is 0 Å². The summed E-state index contributed by atoms with van der Waals surface area (Å²) in [6.45, 7) is 2.86. The second-order valence-electron chi connectivity index (χ2n) is 5.85. The molecule has 0 radical (unpaired) electrons. The van der Waals surface area contributed by atoms with Crippen LogP contribution in [0.5, 0.6) is 0 Å². The molecule has 2 aromatic carbocycles. The predicted molar refractivity (Wildman–Crippen MR) is 104 cm³/mol. The van der Waals surface area contributed by atoms with Crippen LogP contribution >= 0.6 is 11.6 Å². The number of anilines is 2. The summed E-state index contributed by atoms with van der Waals surface area (Å²) in [5.41, 5.74) is 2.41. The molecule has 128 valence electrons. The first-order valence-electron chi connectivity index (χ1n) is 8.33. The maximum Gasteiger partial charge on any atom is 0.224 e. The monoisotopic (exact) mass is 352 g/mol. The zero-order valence-electron chi connectivity index (χ0n) is 14.1. The molecule has 0 saturated heterocycles. The van der Waals surface area contributed by atoms with E-state index in [0.717, 1.165) is 23.8 Å². The highest BCUT2D eigenvalue weighted by atomic mass is 35.5. The molecule has 3 aromatic rings. The molecule has 2 N–H and O–H groups in total. The maximum atomic E-state index is 6.01. The molecule has 5 heteroatoms. The van der Waals surface area contributed by atoms with Gasteiger partial charge in [-0.25, -0.2) is 4.98 Å². The Morgan fingerprint density at radius 2 is 1.88 bits per heavy atom. The lowest BCUT2D eigenvalue weighted by molar-refractivity contribution is 0.870. The minimum absolute atomic E-state index is 0.176. The van der Waals surface area contributed by atoms with Crippen LogP contribution in [0.4, 0.5) is 11.8 Å². The highest BCUT2D eigenvalue weighted by Gasteiger charge is 2.06. The Balaban J connectivity index is 1.56. The van der Waals surface area contributed by atoms with Gasteiger partial charge in [-0.05, 0) is 42.7 Å². The van der Waals surface area contributed by atoms with Gasteiger partial charge in [0.05, 0.1) is 0 Å². The molecular weight excluding hydrogens is 332 g/mol. The summed E-state index contributed by atoms with van der Waals surface area (Å²) < 4.78 is 0. The van der Waals surface area contributed by atoms with Crippen LogP contribution < -0.4 is 10.6 Å². The van der Waals surface area contributed by atoms with Gasteiger partial charge in [0.2, 0.25) is 5.95 Å². The second kappa shape index (κ2) is 8.49. The van der Waals surface area contributed by atoms with Crippen molar-refractivity contribution in [1.29, 1.82) is 0 Å². The summed E-state index contributed by atoms with van der Waals surface area (Å²) in [6, 6.07) is 20.2. The molecule has 1 heterocycles. The number of halogens is 1. The Kier molecular flexibility index (Phi) is 5.86. The standard InChI is InChI=1S/C20H21ClN4/c1-15(17-7-3-2-4-8-17)24-19-11-13-23-20(25-19)22-12-10-16-6-5-9-18(21)14-16/h2-9,11,13-15H,10,12H2,1H3,(H2,22,23,24,25). The maximum absolute atomic E-state index is 6.01. The Morgan fingerprint density at radius 3 is 2.68 bits per heavy atom. The first kappa shape index (κ1) is 17.2. The van der Waals surface area contributed by atoms with Crippen molar-refractivity contribution in [3.63, 3.8) is 0 Å². The zero-order chi connectivity index (χ0) is 17.5. The van der Waals surface area contributed by atoms with Gasteiger partial charge in [0.15, 0.2) is 0 Å². The van der Waals surface area contributed by atoms with Crippen molar-refractivity contribution in [2.24, 2.45) is 0 Å². The minimum atomic E-state index is 0.176. The largest absolute Gasteiger partial charge is 0.363 e. The molecule has 1 unspecified atom stereocenters. The Labute approximate surface area is 153 Å². The van der Waals surface area contributed by atoms with Crippen LogP contribution in [0, 0.1) is 0 Å². The molecule has 0 aliphatic heterocycles. The fraction of sp³-hybridized carbons (Fsp3) is 0.200. The van der Waals surface area contributed by atoms with Crippen molar-refractivity contribution in [2.75, 3.05) is 17.2 Å². The Morgan fingerprint density at radius 1 is 1.04 bits per heavy atom. The van der Waals surface area contributed by atoms with E-state index in [9.17, 15) is 0 Å². The van der Waals surface area contributed by atoms with E-state index in [1.165, 1.54) is 11.1 Å². The van der Waals surface area contributed by atoms with Gasteiger partial charge in [-0.3, -0.25) is 0 Å². The fourth-order valence-corrected chi connectivity index (χ4v) is 2.80. The van der Waals surface area contributed by atoms with Crippen molar-refractivity contribution in [3.05, 3.63) is 83.0 Å². The smallest absolute Gasteiger partial charge is 0.224 e. The SMILES string of the molecule is CC(Nc1ccnc(NCCc2cccc(Cl)c2)n1)c1ccccc1. The lowest BCUT2D eigenvalue weighted by Crippen LogP contribution is -2.11. The normalized spacial score (nSPS) is 11.8. The van der Waals surface area contributed by atoms with E-state index < -0.39 is 0 Å². The second-order valence-corrected chi connectivity index (χ2v) is 6.29. The van der Waals surface area contributed by atoms with E-state index in [0.29, 0.717) is 5.95 Å². The highest BCUT2D eigenvalue weighted by Crippen LogP contribution is 2.18. The molecule has 0 spiro atoms. The molecular formula is C20H21ClN4. The summed E-state index contributed by atoms with van der Waals surface area (Å²) >= 11 is 6.01. The first-order valence-corrected chi connectivity index (χ1v) is 8.71. The lowest BCUT2D eigenvalue weighted by atomic mass is 10.1. The van der Waals surface area contributed by atoms with E-state index >= 15 is 0 Å². The fourth-order valence-electron chi connectivity index (χ4n) is 2.58. The van der Waals surface area contributed by atoms with Crippen LogP contribution in [0.15, 0.2) is 66.9 Å². The highest BCUT2D eigenvalue weighted by molar-refractivity contribution is 6.30. The summed E-state index contributed by atoms with van der Waals surface area (Å²) in [5.74, 6) is 1.42. The van der Waals surface area contributed by atoms with Gasteiger partial charge in [-0.2, -0.15) is 4.98 Å². The van der Waals surface area contributed by atoms with Crippen molar-refractivity contribution >= 4 is 23.4 Å². The summed E-state index contributed by atoms with van der Waals surface area (Å²) in [7, 11) is 0. The number of hydrogen-bond acceptors (Lipinski definition) is 4. The van der Waals surface area contributed by atoms with Gasteiger partial charge in [0, 0.05) is 23.8 Å². The molecule has 0 saturated carbocycles. The molecule has 1 atom stereocenters. The summed E-state index contributed by atoms with van der Waals surface area (Å²) in [6.07, 6.45) is 2.62. The van der Waals surface area contributed by atoms with E-state index in [2.05, 4.69) is 45.7 Å². The van der Waals surface area contributed by atoms with E-state index in [1.807, 2.05) is 42.5 Å². The molecule has 1 aromatic heterocycles. The number of hydrogen-bond donors (Lipinski definition) is 2. The van der Waals surface area contributed by atoms with Gasteiger partial charge >= 0.3 is 0 Å². The quantitative estimate of drug-likeness (QED) is 0.631. The van der Waals surface area contributed by atoms with E-state index in [-0.39, 0.29) is 6.04 Å². The van der Waals surface area contributed by atoms with Crippen LogP contribution in [0.2, 0.25) is 5.02 Å².